The van der Waals surface area contributed by atoms with Gasteiger partial charge in [0.1, 0.15) is 12.1 Å². The van der Waals surface area contributed by atoms with Gasteiger partial charge in [-0.25, -0.2) is 4.79 Å². The highest BCUT2D eigenvalue weighted by atomic mass is 35.5. The molecule has 0 aliphatic rings. The van der Waals surface area contributed by atoms with Crippen molar-refractivity contribution in [1.82, 2.24) is 10.6 Å². The molecule has 2 atom stereocenters. The first-order valence-corrected chi connectivity index (χ1v) is 8.74. The van der Waals surface area contributed by atoms with Crippen molar-refractivity contribution in [2.75, 3.05) is 0 Å². The van der Waals surface area contributed by atoms with Crippen molar-refractivity contribution in [1.29, 1.82) is 0 Å². The second kappa shape index (κ2) is 9.86. The third-order valence-corrected chi connectivity index (χ3v) is 4.15. The lowest BCUT2D eigenvalue weighted by Crippen LogP contribution is -2.53. The molecule has 27 heavy (non-hydrogen) atoms. The summed E-state index contributed by atoms with van der Waals surface area (Å²) in [5.74, 6) is -2.80. The quantitative estimate of drug-likeness (QED) is 0.430. The first-order valence-electron chi connectivity index (χ1n) is 8.36. The summed E-state index contributed by atoms with van der Waals surface area (Å²) in [7, 11) is 0. The van der Waals surface area contributed by atoms with E-state index in [-0.39, 0.29) is 28.6 Å². The molecule has 3 N–H and O–H groups in total. The lowest BCUT2D eigenvalue weighted by molar-refractivity contribution is -0.384. The Balaban J connectivity index is 2.96. The van der Waals surface area contributed by atoms with Crippen LogP contribution in [-0.4, -0.2) is 39.9 Å². The first kappa shape index (κ1) is 22.4. The van der Waals surface area contributed by atoms with Crippen LogP contribution in [0.2, 0.25) is 5.02 Å². The van der Waals surface area contributed by atoms with Gasteiger partial charge < -0.3 is 15.7 Å². The highest BCUT2D eigenvalue weighted by Gasteiger charge is 2.29. The monoisotopic (exact) mass is 399 g/mol. The van der Waals surface area contributed by atoms with E-state index in [0.717, 1.165) is 12.1 Å². The number of hydrogen-bond donors (Lipinski definition) is 3. The molecule has 0 aliphatic heterocycles. The highest BCUT2D eigenvalue weighted by Crippen LogP contribution is 2.22. The number of halogens is 1. The second-order valence-electron chi connectivity index (χ2n) is 6.30. The molecule has 1 rings (SSSR count). The van der Waals surface area contributed by atoms with E-state index in [1.165, 1.54) is 6.07 Å². The molecule has 1 aromatic carbocycles. The van der Waals surface area contributed by atoms with E-state index in [0.29, 0.717) is 6.42 Å². The normalized spacial score (nSPS) is 12.9. The predicted molar refractivity (Wildman–Crippen MR) is 98.7 cm³/mol. The summed E-state index contributed by atoms with van der Waals surface area (Å²) < 4.78 is 0. The number of nitrogens with zero attached hydrogens (tertiary/aromatic N) is 1. The van der Waals surface area contributed by atoms with Crippen LogP contribution in [0.25, 0.3) is 0 Å². The Labute approximate surface area is 161 Å². The molecule has 0 spiro atoms. The third-order valence-electron chi connectivity index (χ3n) is 3.84. The van der Waals surface area contributed by atoms with E-state index in [2.05, 4.69) is 10.6 Å². The van der Waals surface area contributed by atoms with Gasteiger partial charge in [0, 0.05) is 12.1 Å². The van der Waals surface area contributed by atoms with Gasteiger partial charge in [-0.3, -0.25) is 19.7 Å². The van der Waals surface area contributed by atoms with Crippen molar-refractivity contribution in [2.24, 2.45) is 5.92 Å². The Morgan fingerprint density at radius 2 is 1.89 bits per heavy atom. The summed E-state index contributed by atoms with van der Waals surface area (Å²) in [5.41, 5.74) is -0.289. The fraction of sp³-hybridized carbons (Fsp3) is 0.471. The smallest absolute Gasteiger partial charge is 0.326 e. The van der Waals surface area contributed by atoms with Crippen LogP contribution in [0.1, 0.15) is 44.0 Å². The van der Waals surface area contributed by atoms with Crippen LogP contribution in [0.3, 0.4) is 0 Å². The average molecular weight is 400 g/mol. The van der Waals surface area contributed by atoms with Gasteiger partial charge in [0.2, 0.25) is 5.91 Å². The van der Waals surface area contributed by atoms with Crippen molar-refractivity contribution < 1.29 is 24.4 Å². The molecule has 2 amide bonds. The maximum absolute atomic E-state index is 12.5. The van der Waals surface area contributed by atoms with Crippen LogP contribution in [0.15, 0.2) is 18.2 Å². The summed E-state index contributed by atoms with van der Waals surface area (Å²) in [6, 6.07) is 1.32. The maximum Gasteiger partial charge on any atom is 0.326 e. The number of carboxylic acids is 1. The lowest BCUT2D eigenvalue weighted by Gasteiger charge is -2.24. The van der Waals surface area contributed by atoms with Crippen LogP contribution < -0.4 is 10.6 Å². The Morgan fingerprint density at radius 3 is 2.33 bits per heavy atom. The van der Waals surface area contributed by atoms with Gasteiger partial charge in [-0.2, -0.15) is 0 Å². The van der Waals surface area contributed by atoms with E-state index in [4.69, 9.17) is 16.7 Å². The number of non-ortho nitro benzene ring substituents is 1. The number of hydrogen-bond acceptors (Lipinski definition) is 5. The van der Waals surface area contributed by atoms with Gasteiger partial charge in [0.25, 0.3) is 11.6 Å². The summed E-state index contributed by atoms with van der Waals surface area (Å²) in [5, 5.41) is 24.7. The number of aliphatic carboxylic acids is 1. The minimum atomic E-state index is -1.16. The molecule has 0 heterocycles. The number of amides is 2. The fourth-order valence-corrected chi connectivity index (χ4v) is 2.62. The van der Waals surface area contributed by atoms with Crippen molar-refractivity contribution in [3.05, 3.63) is 38.9 Å². The molecular formula is C17H22ClN3O6. The molecule has 0 aliphatic carbocycles. The maximum atomic E-state index is 12.5. The van der Waals surface area contributed by atoms with Gasteiger partial charge in [-0.1, -0.05) is 38.8 Å². The fourth-order valence-electron chi connectivity index (χ4n) is 2.36. The molecular weight excluding hydrogens is 378 g/mol. The summed E-state index contributed by atoms with van der Waals surface area (Å²) in [6.07, 6.45) is 0.822. The predicted octanol–water partition coefficient (Wildman–Crippen LogP) is 2.37. The minimum Gasteiger partial charge on any atom is -0.480 e. The van der Waals surface area contributed by atoms with Gasteiger partial charge in [-0.05, 0) is 18.4 Å². The van der Waals surface area contributed by atoms with Gasteiger partial charge in [0.05, 0.1) is 15.5 Å². The van der Waals surface area contributed by atoms with Crippen molar-refractivity contribution >= 4 is 35.1 Å². The third kappa shape index (κ3) is 6.21. The SMILES string of the molecule is CCCC(NC(=O)C(NC(=O)c1ccc([N+](=O)[O-])cc1Cl)C(C)C)C(=O)O. The molecule has 0 saturated heterocycles. The minimum absolute atomic E-state index is 0.0240. The van der Waals surface area contributed by atoms with Gasteiger partial charge in [0.15, 0.2) is 0 Å². The van der Waals surface area contributed by atoms with Crippen molar-refractivity contribution in [3.63, 3.8) is 0 Å². The molecule has 0 radical (unpaired) electrons. The topological polar surface area (TPSA) is 139 Å². The molecule has 1 aromatic rings. The van der Waals surface area contributed by atoms with Gasteiger partial charge in [-0.15, -0.1) is 0 Å². The van der Waals surface area contributed by atoms with Crippen LogP contribution in [0, 0.1) is 16.0 Å². The Bertz CT molecular complexity index is 737. The highest BCUT2D eigenvalue weighted by molar-refractivity contribution is 6.34. The van der Waals surface area contributed by atoms with Crippen molar-refractivity contribution in [2.45, 2.75) is 45.7 Å². The zero-order chi connectivity index (χ0) is 20.7. The Hall–Kier alpha value is -2.68. The number of carboxylic acid groups (broad SMARTS) is 1. The van der Waals surface area contributed by atoms with Crippen LogP contribution in [-0.2, 0) is 9.59 Å². The van der Waals surface area contributed by atoms with Crippen LogP contribution in [0.5, 0.6) is 0 Å². The number of rotatable bonds is 9. The molecule has 2 unspecified atom stereocenters. The Morgan fingerprint density at radius 1 is 1.26 bits per heavy atom. The summed E-state index contributed by atoms with van der Waals surface area (Å²) >= 11 is 5.93. The van der Waals surface area contributed by atoms with E-state index >= 15 is 0 Å². The van der Waals surface area contributed by atoms with Crippen molar-refractivity contribution in [3.8, 4) is 0 Å². The standard InChI is InChI=1S/C17H22ClN3O6/c1-4-5-13(17(24)25)19-16(23)14(9(2)3)20-15(22)11-7-6-10(21(26)27)8-12(11)18/h6-9,13-14H,4-5H2,1-3H3,(H,19,23)(H,20,22)(H,24,25). The molecule has 9 nitrogen and oxygen atoms in total. The molecule has 0 fully saturated rings. The van der Waals surface area contributed by atoms with E-state index in [1.807, 2.05) is 0 Å². The van der Waals surface area contributed by atoms with Crippen LogP contribution >= 0.6 is 11.6 Å². The first-order chi connectivity index (χ1) is 12.6. The lowest BCUT2D eigenvalue weighted by atomic mass is 10.0. The van der Waals surface area contributed by atoms with E-state index < -0.39 is 34.8 Å². The summed E-state index contributed by atoms with van der Waals surface area (Å²) in [6.45, 7) is 5.18. The zero-order valence-electron chi connectivity index (χ0n) is 15.2. The van der Waals surface area contributed by atoms with Gasteiger partial charge >= 0.3 is 5.97 Å². The zero-order valence-corrected chi connectivity index (χ0v) is 15.9. The number of carbonyl (C=O) groups is 3. The molecule has 10 heteroatoms. The average Bonchev–Trinajstić information content (AvgIpc) is 2.58. The molecule has 0 saturated carbocycles. The molecule has 0 aromatic heterocycles. The summed E-state index contributed by atoms with van der Waals surface area (Å²) in [4.78, 5) is 46.2. The molecule has 0 bridgehead atoms. The van der Waals surface area contributed by atoms with E-state index in [9.17, 15) is 24.5 Å². The van der Waals surface area contributed by atoms with Crippen LogP contribution in [0.4, 0.5) is 5.69 Å². The largest absolute Gasteiger partial charge is 0.480 e. The van der Waals surface area contributed by atoms with E-state index in [1.54, 1.807) is 20.8 Å². The number of nitro groups is 1. The number of nitrogens with one attached hydrogen (secondary N) is 2. The second-order valence-corrected chi connectivity index (χ2v) is 6.71. The number of nitro benzene ring substituents is 1. The molecule has 148 valence electrons. The number of benzene rings is 1. The Kier molecular flexibility index (Phi) is 8.17. The number of carbonyl (C=O) groups excluding carboxylic acids is 2.